The third-order valence-electron chi connectivity index (χ3n) is 3.95. The second-order valence-corrected chi connectivity index (χ2v) is 7.78. The number of thiophene rings is 1. The van der Waals surface area contributed by atoms with Crippen LogP contribution in [-0.4, -0.2) is 38.5 Å². The third-order valence-corrected chi connectivity index (χ3v) is 4.85. The summed E-state index contributed by atoms with van der Waals surface area (Å²) in [5.74, 6) is 1.43. The number of nitrogens with zero attached hydrogens (tertiary/aromatic N) is 2. The number of rotatable bonds is 8. The average molecular weight is 486 g/mol. The fraction of sp³-hybridized carbons (Fsp3) is 0.450. The van der Waals surface area contributed by atoms with Crippen LogP contribution in [0.1, 0.15) is 22.9 Å². The molecule has 4 nitrogen and oxygen atoms in total. The molecule has 1 aromatic carbocycles. The molecule has 0 saturated heterocycles. The largest absolute Gasteiger partial charge is 0.356 e. The van der Waals surface area contributed by atoms with Crippen LogP contribution in [0.2, 0.25) is 0 Å². The zero-order valence-electron chi connectivity index (χ0n) is 16.2. The van der Waals surface area contributed by atoms with Crippen molar-refractivity contribution in [3.63, 3.8) is 0 Å². The summed E-state index contributed by atoms with van der Waals surface area (Å²) in [5, 5.41) is 8.96. The van der Waals surface area contributed by atoms with E-state index >= 15 is 0 Å². The molecule has 0 aliphatic rings. The zero-order valence-corrected chi connectivity index (χ0v) is 19.3. The highest BCUT2D eigenvalue weighted by atomic mass is 127. The van der Waals surface area contributed by atoms with Crippen molar-refractivity contribution < 1.29 is 0 Å². The maximum atomic E-state index is 4.32. The molecule has 0 spiro atoms. The van der Waals surface area contributed by atoms with Gasteiger partial charge in [0.2, 0.25) is 0 Å². The van der Waals surface area contributed by atoms with E-state index in [-0.39, 0.29) is 24.0 Å². The predicted octanol–water partition coefficient (Wildman–Crippen LogP) is 3.97. The van der Waals surface area contributed by atoms with E-state index in [1.807, 2.05) is 18.4 Å². The predicted molar refractivity (Wildman–Crippen MR) is 125 cm³/mol. The zero-order chi connectivity index (χ0) is 18.1. The smallest absolute Gasteiger partial charge is 0.191 e. The summed E-state index contributed by atoms with van der Waals surface area (Å²) >= 11 is 1.83. The van der Waals surface area contributed by atoms with Crippen molar-refractivity contribution in [1.82, 2.24) is 15.5 Å². The monoisotopic (exact) mass is 486 g/mol. The van der Waals surface area contributed by atoms with Crippen molar-refractivity contribution in [2.75, 3.05) is 27.7 Å². The summed E-state index contributed by atoms with van der Waals surface area (Å²) in [6.07, 6.45) is 1.11. The first-order valence-corrected chi connectivity index (χ1v) is 9.64. The molecule has 0 aliphatic carbocycles. The van der Waals surface area contributed by atoms with E-state index in [0.29, 0.717) is 5.92 Å². The number of hydrogen-bond acceptors (Lipinski definition) is 3. The first kappa shape index (κ1) is 22.9. The van der Waals surface area contributed by atoms with Crippen LogP contribution in [0.5, 0.6) is 0 Å². The molecule has 144 valence electrons. The van der Waals surface area contributed by atoms with Gasteiger partial charge in [-0.05, 0) is 49.0 Å². The highest BCUT2D eigenvalue weighted by molar-refractivity contribution is 14.0. The highest BCUT2D eigenvalue weighted by Crippen LogP contribution is 2.13. The SMILES string of the molecule is CN=C(NCc1ccc(CN(C)C)cc1)NCC(C)Cc1cccs1.I. The quantitative estimate of drug-likeness (QED) is 0.337. The van der Waals surface area contributed by atoms with E-state index in [1.165, 1.54) is 16.0 Å². The molecule has 26 heavy (non-hydrogen) atoms. The summed E-state index contributed by atoms with van der Waals surface area (Å²) < 4.78 is 0. The Morgan fingerprint density at radius 3 is 2.38 bits per heavy atom. The number of guanidine groups is 1. The normalized spacial score (nSPS) is 12.6. The Hall–Kier alpha value is -1.12. The lowest BCUT2D eigenvalue weighted by Crippen LogP contribution is -2.39. The second-order valence-electron chi connectivity index (χ2n) is 6.75. The van der Waals surface area contributed by atoms with Gasteiger partial charge in [-0.3, -0.25) is 4.99 Å². The van der Waals surface area contributed by atoms with E-state index < -0.39 is 0 Å². The summed E-state index contributed by atoms with van der Waals surface area (Å²) in [4.78, 5) is 7.94. The minimum Gasteiger partial charge on any atom is -0.356 e. The minimum atomic E-state index is 0. The average Bonchev–Trinajstić information content (AvgIpc) is 3.09. The molecular weight excluding hydrogens is 455 g/mol. The summed E-state index contributed by atoms with van der Waals surface area (Å²) in [6, 6.07) is 13.1. The van der Waals surface area contributed by atoms with Crippen LogP contribution in [-0.2, 0) is 19.5 Å². The minimum absolute atomic E-state index is 0. The molecule has 2 N–H and O–H groups in total. The molecule has 2 aromatic rings. The second kappa shape index (κ2) is 12.3. The Balaban J connectivity index is 0.00000338. The van der Waals surface area contributed by atoms with Crippen LogP contribution in [0.25, 0.3) is 0 Å². The number of hydrogen-bond donors (Lipinski definition) is 2. The molecule has 0 saturated carbocycles. The molecule has 1 heterocycles. The summed E-state index contributed by atoms with van der Waals surface area (Å²) in [5.41, 5.74) is 2.59. The van der Waals surface area contributed by atoms with Gasteiger partial charge in [-0.15, -0.1) is 35.3 Å². The molecule has 1 unspecified atom stereocenters. The molecular formula is C20H31IN4S. The first-order valence-electron chi connectivity index (χ1n) is 8.76. The van der Waals surface area contributed by atoms with Gasteiger partial charge < -0.3 is 15.5 Å². The summed E-state index contributed by atoms with van der Waals surface area (Å²) in [6.45, 7) is 4.93. The summed E-state index contributed by atoms with van der Waals surface area (Å²) in [7, 11) is 5.99. The molecule has 1 aromatic heterocycles. The van der Waals surface area contributed by atoms with Gasteiger partial charge in [-0.1, -0.05) is 37.3 Å². The maximum Gasteiger partial charge on any atom is 0.191 e. The van der Waals surface area contributed by atoms with E-state index in [9.17, 15) is 0 Å². The van der Waals surface area contributed by atoms with Crippen molar-refractivity contribution in [1.29, 1.82) is 0 Å². The molecule has 0 aliphatic heterocycles. The van der Waals surface area contributed by atoms with Crippen molar-refractivity contribution in [3.8, 4) is 0 Å². The van der Waals surface area contributed by atoms with Crippen molar-refractivity contribution >= 4 is 41.3 Å². The van der Waals surface area contributed by atoms with E-state index in [0.717, 1.165) is 32.0 Å². The van der Waals surface area contributed by atoms with Gasteiger partial charge in [0.25, 0.3) is 0 Å². The number of benzene rings is 1. The molecule has 2 rings (SSSR count). The standard InChI is InChI=1S/C20H30N4S.HI/c1-16(12-19-6-5-11-25-19)13-22-20(21-2)23-14-17-7-9-18(10-8-17)15-24(3)4;/h5-11,16H,12-15H2,1-4H3,(H2,21,22,23);1H. The van der Waals surface area contributed by atoms with Gasteiger partial charge in [0.05, 0.1) is 0 Å². The molecule has 6 heteroatoms. The lowest BCUT2D eigenvalue weighted by molar-refractivity contribution is 0.402. The fourth-order valence-corrected chi connectivity index (χ4v) is 3.52. The number of nitrogens with one attached hydrogen (secondary N) is 2. The molecule has 1 atom stereocenters. The lowest BCUT2D eigenvalue weighted by atomic mass is 10.1. The lowest BCUT2D eigenvalue weighted by Gasteiger charge is -2.16. The van der Waals surface area contributed by atoms with E-state index in [1.54, 1.807) is 0 Å². The molecule has 0 amide bonds. The Labute approximate surface area is 179 Å². The van der Waals surface area contributed by atoms with Crippen LogP contribution < -0.4 is 10.6 Å². The first-order chi connectivity index (χ1) is 12.1. The van der Waals surface area contributed by atoms with Gasteiger partial charge in [0, 0.05) is 31.6 Å². The van der Waals surface area contributed by atoms with Gasteiger partial charge in [-0.25, -0.2) is 0 Å². The van der Waals surface area contributed by atoms with Crippen LogP contribution in [0, 0.1) is 5.92 Å². The Bertz CT molecular complexity index is 638. The Kier molecular flexibility index (Phi) is 10.8. The molecule has 0 fully saturated rings. The Morgan fingerprint density at radius 1 is 1.12 bits per heavy atom. The van der Waals surface area contributed by atoms with Gasteiger partial charge >= 0.3 is 0 Å². The number of halogens is 1. The van der Waals surface area contributed by atoms with Crippen LogP contribution >= 0.6 is 35.3 Å². The number of aliphatic imine (C=N–C) groups is 1. The van der Waals surface area contributed by atoms with Crippen LogP contribution in [0.3, 0.4) is 0 Å². The maximum absolute atomic E-state index is 4.32. The fourth-order valence-electron chi connectivity index (χ4n) is 2.65. The van der Waals surface area contributed by atoms with Crippen LogP contribution in [0.15, 0.2) is 46.8 Å². The van der Waals surface area contributed by atoms with Gasteiger partial charge in [0.1, 0.15) is 0 Å². The topological polar surface area (TPSA) is 39.7 Å². The van der Waals surface area contributed by atoms with Gasteiger partial charge in [0.15, 0.2) is 5.96 Å². The Morgan fingerprint density at radius 2 is 1.81 bits per heavy atom. The molecule has 0 bridgehead atoms. The molecule has 0 radical (unpaired) electrons. The van der Waals surface area contributed by atoms with E-state index in [4.69, 9.17) is 0 Å². The highest BCUT2D eigenvalue weighted by Gasteiger charge is 2.06. The van der Waals surface area contributed by atoms with Crippen molar-refractivity contribution in [2.45, 2.75) is 26.4 Å². The van der Waals surface area contributed by atoms with E-state index in [2.05, 4.69) is 83.3 Å². The van der Waals surface area contributed by atoms with Crippen molar-refractivity contribution in [3.05, 3.63) is 57.8 Å². The third kappa shape index (κ3) is 8.51. The van der Waals surface area contributed by atoms with Crippen LogP contribution in [0.4, 0.5) is 0 Å². The van der Waals surface area contributed by atoms with Crippen molar-refractivity contribution in [2.24, 2.45) is 10.9 Å². The van der Waals surface area contributed by atoms with Gasteiger partial charge in [-0.2, -0.15) is 0 Å².